The average molecular weight is 313 g/mol. The van der Waals surface area contributed by atoms with Crippen LogP contribution in [0.3, 0.4) is 0 Å². The van der Waals surface area contributed by atoms with E-state index in [4.69, 9.17) is 14.6 Å². The molecule has 2 atom stereocenters. The highest BCUT2D eigenvalue weighted by Gasteiger charge is 2.23. The third-order valence-corrected chi connectivity index (χ3v) is 4.59. The number of ether oxygens (including phenoxy) is 2. The van der Waals surface area contributed by atoms with Crippen LogP contribution < -0.4 is 9.88 Å². The number of rotatable bonds is 5. The zero-order chi connectivity index (χ0) is 15.6. The summed E-state index contributed by atoms with van der Waals surface area (Å²) in [7, 11) is -3.69. The number of sulfonamides is 1. The second-order valence-corrected chi connectivity index (χ2v) is 7.42. The molecule has 5 nitrogen and oxygen atoms in total. The summed E-state index contributed by atoms with van der Waals surface area (Å²) in [5, 5.41) is 5.18. The quantitative estimate of drug-likeness (QED) is 0.905. The molecule has 21 heavy (non-hydrogen) atoms. The van der Waals surface area contributed by atoms with Gasteiger partial charge in [-0.25, -0.2) is 13.6 Å². The maximum atomic E-state index is 11.4. The number of nitrogens with two attached hydrogens (primary N) is 1. The molecular formula is C15H23NO4S. The van der Waals surface area contributed by atoms with Crippen LogP contribution in [0.2, 0.25) is 0 Å². The molecule has 0 radical (unpaired) electrons. The standard InChI is InChI=1S/C15H23NO4S/c1-10(2)14-8-13(21(16,17)18)6-7-15(14)19-9-12-5-4-11(3)20-12/h6-8,10-12H,4-5,9H2,1-3H3,(H2,16,17,18). The SMILES string of the molecule is CC1CCC(COc2ccc(S(N)(=O)=O)cc2C(C)C)O1. The van der Waals surface area contributed by atoms with Gasteiger partial charge < -0.3 is 9.47 Å². The van der Waals surface area contributed by atoms with Crippen LogP contribution >= 0.6 is 0 Å². The first-order chi connectivity index (χ1) is 9.77. The molecule has 6 heteroatoms. The van der Waals surface area contributed by atoms with Crippen molar-refractivity contribution in [2.24, 2.45) is 5.14 Å². The Bertz CT molecular complexity index is 598. The van der Waals surface area contributed by atoms with E-state index < -0.39 is 10.0 Å². The van der Waals surface area contributed by atoms with Gasteiger partial charge in [-0.15, -0.1) is 0 Å². The lowest BCUT2D eigenvalue weighted by Crippen LogP contribution is -2.19. The van der Waals surface area contributed by atoms with E-state index in [0.717, 1.165) is 18.4 Å². The van der Waals surface area contributed by atoms with Crippen LogP contribution in [-0.2, 0) is 14.8 Å². The fraction of sp³-hybridized carbons (Fsp3) is 0.600. The summed E-state index contributed by atoms with van der Waals surface area (Å²) >= 11 is 0. The van der Waals surface area contributed by atoms with E-state index >= 15 is 0 Å². The molecule has 118 valence electrons. The van der Waals surface area contributed by atoms with Gasteiger partial charge >= 0.3 is 0 Å². The van der Waals surface area contributed by atoms with Crippen LogP contribution in [0.4, 0.5) is 0 Å². The van der Waals surface area contributed by atoms with Crippen LogP contribution in [-0.4, -0.2) is 27.2 Å². The fourth-order valence-electron chi connectivity index (χ4n) is 2.48. The Morgan fingerprint density at radius 2 is 2.10 bits per heavy atom. The van der Waals surface area contributed by atoms with Crippen LogP contribution in [0.25, 0.3) is 0 Å². The Morgan fingerprint density at radius 1 is 1.38 bits per heavy atom. The van der Waals surface area contributed by atoms with Crippen molar-refractivity contribution in [2.75, 3.05) is 6.61 Å². The summed E-state index contributed by atoms with van der Waals surface area (Å²) < 4.78 is 34.4. The van der Waals surface area contributed by atoms with Gasteiger partial charge in [0.2, 0.25) is 10.0 Å². The van der Waals surface area contributed by atoms with E-state index in [0.29, 0.717) is 12.4 Å². The Morgan fingerprint density at radius 3 is 2.62 bits per heavy atom. The van der Waals surface area contributed by atoms with Crippen LogP contribution in [0.1, 0.15) is 45.1 Å². The summed E-state index contributed by atoms with van der Waals surface area (Å²) in [6, 6.07) is 4.75. The Kier molecular flexibility index (Phi) is 4.91. The van der Waals surface area contributed by atoms with Gasteiger partial charge in [-0.1, -0.05) is 13.8 Å². The third kappa shape index (κ3) is 4.18. The molecule has 1 aliphatic heterocycles. The normalized spacial score (nSPS) is 22.7. The summed E-state index contributed by atoms with van der Waals surface area (Å²) in [4.78, 5) is 0.115. The average Bonchev–Trinajstić information content (AvgIpc) is 2.80. The minimum atomic E-state index is -3.69. The molecule has 1 saturated heterocycles. The van der Waals surface area contributed by atoms with E-state index in [9.17, 15) is 8.42 Å². The predicted molar refractivity (Wildman–Crippen MR) is 81.0 cm³/mol. The summed E-state index contributed by atoms with van der Waals surface area (Å²) in [6.07, 6.45) is 2.44. The molecule has 2 N–H and O–H groups in total. The van der Waals surface area contributed by atoms with Crippen LogP contribution in [0.5, 0.6) is 5.75 Å². The highest BCUT2D eigenvalue weighted by Crippen LogP contribution is 2.30. The first-order valence-electron chi connectivity index (χ1n) is 7.22. The van der Waals surface area contributed by atoms with Gasteiger partial charge in [0.25, 0.3) is 0 Å². The maximum absolute atomic E-state index is 11.4. The van der Waals surface area contributed by atoms with E-state index in [1.807, 2.05) is 13.8 Å². The van der Waals surface area contributed by atoms with Crippen molar-refractivity contribution >= 4 is 10.0 Å². The lowest BCUT2D eigenvalue weighted by molar-refractivity contribution is 0.0262. The molecule has 0 aliphatic carbocycles. The molecule has 0 saturated carbocycles. The summed E-state index contributed by atoms with van der Waals surface area (Å²) in [6.45, 7) is 6.52. The molecule has 1 aromatic rings. The van der Waals surface area contributed by atoms with Crippen molar-refractivity contribution < 1.29 is 17.9 Å². The molecule has 0 amide bonds. The molecular weight excluding hydrogens is 290 g/mol. The predicted octanol–water partition coefficient (Wildman–Crippen LogP) is 2.40. The fourth-order valence-corrected chi connectivity index (χ4v) is 3.03. The molecule has 1 heterocycles. The van der Waals surface area contributed by atoms with Gasteiger partial charge in [0, 0.05) is 0 Å². The van der Waals surface area contributed by atoms with Crippen molar-refractivity contribution in [1.82, 2.24) is 0 Å². The smallest absolute Gasteiger partial charge is 0.238 e. The van der Waals surface area contributed by atoms with Crippen molar-refractivity contribution in [3.8, 4) is 5.75 Å². The van der Waals surface area contributed by atoms with Crippen LogP contribution in [0.15, 0.2) is 23.1 Å². The van der Waals surface area contributed by atoms with Gasteiger partial charge in [-0.2, -0.15) is 0 Å². The number of benzene rings is 1. The molecule has 0 bridgehead atoms. The highest BCUT2D eigenvalue weighted by molar-refractivity contribution is 7.89. The van der Waals surface area contributed by atoms with Gasteiger partial charge in [0.05, 0.1) is 17.1 Å². The Labute approximate surface area is 126 Å². The van der Waals surface area contributed by atoms with Crippen molar-refractivity contribution in [3.63, 3.8) is 0 Å². The highest BCUT2D eigenvalue weighted by atomic mass is 32.2. The van der Waals surface area contributed by atoms with E-state index in [1.54, 1.807) is 12.1 Å². The van der Waals surface area contributed by atoms with E-state index in [1.165, 1.54) is 6.07 Å². The molecule has 0 spiro atoms. The topological polar surface area (TPSA) is 78.6 Å². The first-order valence-corrected chi connectivity index (χ1v) is 8.77. The van der Waals surface area contributed by atoms with Gasteiger partial charge in [-0.05, 0) is 49.4 Å². The van der Waals surface area contributed by atoms with Gasteiger partial charge in [0.1, 0.15) is 12.4 Å². The van der Waals surface area contributed by atoms with Gasteiger partial charge in [0.15, 0.2) is 0 Å². The minimum absolute atomic E-state index is 0.109. The second-order valence-electron chi connectivity index (χ2n) is 5.86. The van der Waals surface area contributed by atoms with Crippen molar-refractivity contribution in [1.29, 1.82) is 0 Å². The Hall–Kier alpha value is -1.11. The molecule has 1 aromatic carbocycles. The van der Waals surface area contributed by atoms with Crippen molar-refractivity contribution in [3.05, 3.63) is 23.8 Å². The summed E-state index contributed by atoms with van der Waals surface area (Å²) in [5.41, 5.74) is 0.840. The van der Waals surface area contributed by atoms with Crippen LogP contribution in [0, 0.1) is 0 Å². The zero-order valence-corrected chi connectivity index (χ0v) is 13.5. The summed E-state index contributed by atoms with van der Waals surface area (Å²) in [5.74, 6) is 0.839. The number of hydrogen-bond donors (Lipinski definition) is 1. The van der Waals surface area contributed by atoms with Gasteiger partial charge in [-0.3, -0.25) is 0 Å². The second kappa shape index (κ2) is 6.34. The number of hydrogen-bond acceptors (Lipinski definition) is 4. The van der Waals surface area contributed by atoms with Crippen molar-refractivity contribution in [2.45, 2.75) is 56.6 Å². The molecule has 0 aromatic heterocycles. The molecule has 2 unspecified atom stereocenters. The first kappa shape index (κ1) is 16.3. The van der Waals surface area contributed by atoms with E-state index in [-0.39, 0.29) is 23.0 Å². The number of primary sulfonamides is 1. The monoisotopic (exact) mass is 313 g/mol. The Balaban J connectivity index is 2.15. The van der Waals surface area contributed by atoms with E-state index in [2.05, 4.69) is 6.92 Å². The third-order valence-electron chi connectivity index (χ3n) is 3.68. The molecule has 2 rings (SSSR count). The molecule has 1 fully saturated rings. The largest absolute Gasteiger partial charge is 0.491 e. The lowest BCUT2D eigenvalue weighted by atomic mass is 10.0. The lowest BCUT2D eigenvalue weighted by Gasteiger charge is -2.17. The minimum Gasteiger partial charge on any atom is -0.491 e. The zero-order valence-electron chi connectivity index (χ0n) is 12.7. The maximum Gasteiger partial charge on any atom is 0.238 e. The molecule has 1 aliphatic rings.